The molecular formula is C16H21BrN2S. The number of aromatic nitrogens is 1. The fraction of sp³-hybridized carbons (Fsp3) is 0.562. The average molecular weight is 353 g/mol. The van der Waals surface area contributed by atoms with Crippen LogP contribution in [-0.4, -0.2) is 11.0 Å². The third-order valence-electron chi connectivity index (χ3n) is 4.32. The maximum Gasteiger partial charge on any atom is 0.184 e. The normalized spacial score (nSPS) is 18.3. The molecule has 20 heavy (non-hydrogen) atoms. The Bertz CT molecular complexity index is 575. The zero-order chi connectivity index (χ0) is 13.9. The summed E-state index contributed by atoms with van der Waals surface area (Å²) in [6.45, 7) is 2.29. The topological polar surface area (TPSA) is 24.9 Å². The van der Waals surface area contributed by atoms with Gasteiger partial charge in [0.05, 0.1) is 10.2 Å². The van der Waals surface area contributed by atoms with Gasteiger partial charge in [-0.05, 0) is 43.4 Å². The van der Waals surface area contributed by atoms with Crippen molar-refractivity contribution in [3.8, 4) is 0 Å². The molecule has 1 heterocycles. The molecular weight excluding hydrogens is 332 g/mol. The molecule has 1 atom stereocenters. The van der Waals surface area contributed by atoms with Gasteiger partial charge in [0.2, 0.25) is 0 Å². The molecule has 0 spiro atoms. The van der Waals surface area contributed by atoms with Crippen LogP contribution in [0.4, 0.5) is 5.13 Å². The van der Waals surface area contributed by atoms with Gasteiger partial charge in [0, 0.05) is 10.5 Å². The molecule has 0 saturated heterocycles. The molecule has 1 aliphatic rings. The summed E-state index contributed by atoms with van der Waals surface area (Å²) < 4.78 is 2.37. The number of nitrogens with zero attached hydrogens (tertiary/aromatic N) is 1. The molecule has 108 valence electrons. The molecule has 0 aliphatic heterocycles. The molecule has 2 aromatic rings. The second-order valence-electron chi connectivity index (χ2n) is 5.69. The van der Waals surface area contributed by atoms with Gasteiger partial charge in [0.1, 0.15) is 0 Å². The van der Waals surface area contributed by atoms with Crippen LogP contribution in [0.3, 0.4) is 0 Å². The Morgan fingerprint density at radius 1 is 1.35 bits per heavy atom. The number of anilines is 1. The number of fused-ring (bicyclic) bond motifs is 1. The Morgan fingerprint density at radius 2 is 2.15 bits per heavy atom. The van der Waals surface area contributed by atoms with Gasteiger partial charge in [0.25, 0.3) is 0 Å². The highest BCUT2D eigenvalue weighted by molar-refractivity contribution is 9.10. The molecule has 3 rings (SSSR count). The van der Waals surface area contributed by atoms with E-state index in [0.717, 1.165) is 21.0 Å². The molecule has 1 fully saturated rings. The molecule has 1 saturated carbocycles. The SMILES string of the molecule is CCC(Nc1nc2ccc(Br)cc2s1)C1CCCCC1. The van der Waals surface area contributed by atoms with Crippen molar-refractivity contribution in [2.75, 3.05) is 5.32 Å². The summed E-state index contributed by atoms with van der Waals surface area (Å²) in [5.74, 6) is 0.826. The summed E-state index contributed by atoms with van der Waals surface area (Å²) in [5.41, 5.74) is 1.10. The Labute approximate surface area is 133 Å². The second-order valence-corrected chi connectivity index (χ2v) is 7.63. The monoisotopic (exact) mass is 352 g/mol. The van der Waals surface area contributed by atoms with E-state index < -0.39 is 0 Å². The second kappa shape index (κ2) is 6.44. The predicted octanol–water partition coefficient (Wildman–Crippen LogP) is 5.83. The Hall–Kier alpha value is -0.610. The van der Waals surface area contributed by atoms with E-state index in [0.29, 0.717) is 6.04 Å². The zero-order valence-corrected chi connectivity index (χ0v) is 14.3. The molecule has 0 radical (unpaired) electrons. The van der Waals surface area contributed by atoms with Crippen LogP contribution in [0.1, 0.15) is 45.4 Å². The summed E-state index contributed by atoms with van der Waals surface area (Å²) in [4.78, 5) is 4.72. The van der Waals surface area contributed by atoms with E-state index in [1.165, 1.54) is 43.2 Å². The fourth-order valence-corrected chi connectivity index (χ4v) is 4.69. The van der Waals surface area contributed by atoms with Crippen molar-refractivity contribution in [1.82, 2.24) is 4.98 Å². The number of hydrogen-bond acceptors (Lipinski definition) is 3. The van der Waals surface area contributed by atoms with Gasteiger partial charge in [-0.1, -0.05) is 53.5 Å². The largest absolute Gasteiger partial charge is 0.358 e. The Balaban J connectivity index is 1.76. The summed E-state index contributed by atoms with van der Waals surface area (Å²) in [6, 6.07) is 6.88. The first-order valence-corrected chi connectivity index (χ1v) is 9.20. The van der Waals surface area contributed by atoms with Crippen molar-refractivity contribution < 1.29 is 0 Å². The number of thiazole rings is 1. The minimum atomic E-state index is 0.583. The van der Waals surface area contributed by atoms with Crippen LogP contribution in [0, 0.1) is 5.92 Å². The van der Waals surface area contributed by atoms with E-state index in [9.17, 15) is 0 Å². The first-order chi connectivity index (χ1) is 9.76. The minimum Gasteiger partial charge on any atom is -0.358 e. The van der Waals surface area contributed by atoms with Crippen LogP contribution < -0.4 is 5.32 Å². The van der Waals surface area contributed by atoms with Crippen molar-refractivity contribution in [3.05, 3.63) is 22.7 Å². The van der Waals surface area contributed by atoms with E-state index in [1.807, 2.05) is 0 Å². The summed E-state index contributed by atoms with van der Waals surface area (Å²) in [7, 11) is 0. The highest BCUT2D eigenvalue weighted by Crippen LogP contribution is 2.33. The first-order valence-electron chi connectivity index (χ1n) is 7.59. The van der Waals surface area contributed by atoms with E-state index in [1.54, 1.807) is 11.3 Å². The van der Waals surface area contributed by atoms with Crippen LogP contribution >= 0.6 is 27.3 Å². The quantitative estimate of drug-likeness (QED) is 0.748. The van der Waals surface area contributed by atoms with Gasteiger partial charge < -0.3 is 5.32 Å². The van der Waals surface area contributed by atoms with Gasteiger partial charge in [0.15, 0.2) is 5.13 Å². The number of rotatable bonds is 4. The number of nitrogens with one attached hydrogen (secondary N) is 1. The lowest BCUT2D eigenvalue weighted by molar-refractivity contribution is 0.313. The van der Waals surface area contributed by atoms with Crippen LogP contribution in [-0.2, 0) is 0 Å². The molecule has 2 nitrogen and oxygen atoms in total. The van der Waals surface area contributed by atoms with Gasteiger partial charge in [-0.3, -0.25) is 0 Å². The van der Waals surface area contributed by atoms with E-state index in [4.69, 9.17) is 4.98 Å². The maximum atomic E-state index is 4.72. The molecule has 1 N–H and O–H groups in total. The van der Waals surface area contributed by atoms with E-state index in [-0.39, 0.29) is 0 Å². The third kappa shape index (κ3) is 3.17. The summed E-state index contributed by atoms with van der Waals surface area (Å²) >= 11 is 5.29. The fourth-order valence-electron chi connectivity index (χ4n) is 3.21. The smallest absolute Gasteiger partial charge is 0.184 e. The number of hydrogen-bond donors (Lipinski definition) is 1. The lowest BCUT2D eigenvalue weighted by Crippen LogP contribution is -2.29. The molecule has 0 amide bonds. The van der Waals surface area contributed by atoms with Crippen molar-refractivity contribution >= 4 is 42.6 Å². The average Bonchev–Trinajstić information content (AvgIpc) is 2.87. The van der Waals surface area contributed by atoms with Gasteiger partial charge in [-0.15, -0.1) is 0 Å². The third-order valence-corrected chi connectivity index (χ3v) is 5.76. The van der Waals surface area contributed by atoms with E-state index >= 15 is 0 Å². The van der Waals surface area contributed by atoms with Crippen molar-refractivity contribution in [3.63, 3.8) is 0 Å². The van der Waals surface area contributed by atoms with Gasteiger partial charge in [-0.25, -0.2) is 4.98 Å². The van der Waals surface area contributed by atoms with Crippen LogP contribution in [0.5, 0.6) is 0 Å². The molecule has 4 heteroatoms. The van der Waals surface area contributed by atoms with E-state index in [2.05, 4.69) is 46.4 Å². The molecule has 0 bridgehead atoms. The number of halogens is 1. The maximum absolute atomic E-state index is 4.72. The standard InChI is InChI=1S/C16H21BrN2S/c1-2-13(11-6-4-3-5-7-11)18-16-19-14-9-8-12(17)10-15(14)20-16/h8-11,13H,2-7H2,1H3,(H,18,19). The Kier molecular flexibility index (Phi) is 4.61. The Morgan fingerprint density at radius 3 is 2.90 bits per heavy atom. The van der Waals surface area contributed by atoms with Crippen LogP contribution in [0.25, 0.3) is 10.2 Å². The molecule has 1 unspecified atom stereocenters. The summed E-state index contributed by atoms with van der Waals surface area (Å²) in [5, 5.41) is 4.78. The van der Waals surface area contributed by atoms with Crippen molar-refractivity contribution in [2.24, 2.45) is 5.92 Å². The predicted molar refractivity (Wildman–Crippen MR) is 91.6 cm³/mol. The molecule has 1 aromatic carbocycles. The zero-order valence-electron chi connectivity index (χ0n) is 11.9. The minimum absolute atomic E-state index is 0.583. The van der Waals surface area contributed by atoms with Gasteiger partial charge in [-0.2, -0.15) is 0 Å². The molecule has 1 aliphatic carbocycles. The van der Waals surface area contributed by atoms with Crippen molar-refractivity contribution in [2.45, 2.75) is 51.5 Å². The molecule has 1 aromatic heterocycles. The van der Waals surface area contributed by atoms with Gasteiger partial charge >= 0.3 is 0 Å². The lowest BCUT2D eigenvalue weighted by atomic mass is 9.83. The lowest BCUT2D eigenvalue weighted by Gasteiger charge is -2.30. The number of benzene rings is 1. The van der Waals surface area contributed by atoms with Crippen molar-refractivity contribution in [1.29, 1.82) is 0 Å². The highest BCUT2D eigenvalue weighted by atomic mass is 79.9. The summed E-state index contributed by atoms with van der Waals surface area (Å²) in [6.07, 6.45) is 8.15. The van der Waals surface area contributed by atoms with Crippen LogP contribution in [0.15, 0.2) is 22.7 Å². The van der Waals surface area contributed by atoms with Crippen LogP contribution in [0.2, 0.25) is 0 Å². The highest BCUT2D eigenvalue weighted by Gasteiger charge is 2.23. The first kappa shape index (κ1) is 14.3.